The number of hydrogen-bond acceptors (Lipinski definition) is 3. The largest absolute Gasteiger partial charge is 0.508 e. The first-order valence-electron chi connectivity index (χ1n) is 5.01. The summed E-state index contributed by atoms with van der Waals surface area (Å²) in [5, 5.41) is 12.7. The maximum atomic E-state index is 10.6. The van der Waals surface area contributed by atoms with Crippen molar-refractivity contribution in [3.63, 3.8) is 0 Å². The first kappa shape index (κ1) is 9.98. The minimum Gasteiger partial charge on any atom is -0.508 e. The third kappa shape index (κ3) is 1.94. The number of fused-ring (bicyclic) bond motifs is 1. The van der Waals surface area contributed by atoms with E-state index in [1.807, 2.05) is 12.1 Å². The molecule has 1 aliphatic carbocycles. The van der Waals surface area contributed by atoms with Gasteiger partial charge in [-0.25, -0.2) is 0 Å². The highest BCUT2D eigenvalue weighted by Crippen LogP contribution is 2.35. The lowest BCUT2D eigenvalue weighted by Crippen LogP contribution is -2.30. The fourth-order valence-electron chi connectivity index (χ4n) is 2.07. The summed E-state index contributed by atoms with van der Waals surface area (Å²) in [5.74, 6) is -0.0144. The molecule has 0 saturated carbocycles. The Bertz CT molecular complexity index is 390. The van der Waals surface area contributed by atoms with E-state index in [0.717, 1.165) is 24.0 Å². The number of benzene rings is 1. The van der Waals surface area contributed by atoms with Gasteiger partial charge in [0.15, 0.2) is 0 Å². The summed E-state index contributed by atoms with van der Waals surface area (Å²) in [6.07, 6.45) is 1.75. The number of nitrogens with two attached hydrogens (primary N) is 1. The lowest BCUT2D eigenvalue weighted by Gasteiger charge is -2.12. The maximum Gasteiger partial charge on any atom is 0.231 e. The second-order valence-electron chi connectivity index (χ2n) is 3.78. The molecule has 0 aliphatic heterocycles. The zero-order valence-corrected chi connectivity index (χ0v) is 8.36. The highest BCUT2D eigenvalue weighted by atomic mass is 16.3. The Hall–Kier alpha value is -1.55. The van der Waals surface area contributed by atoms with Crippen LogP contribution < -0.4 is 11.1 Å². The van der Waals surface area contributed by atoms with Crippen LogP contribution in [0, 0.1) is 0 Å². The van der Waals surface area contributed by atoms with Crippen molar-refractivity contribution < 1.29 is 9.90 Å². The summed E-state index contributed by atoms with van der Waals surface area (Å²) in [5.41, 5.74) is 7.14. The van der Waals surface area contributed by atoms with Crippen molar-refractivity contribution in [2.24, 2.45) is 5.73 Å². The van der Waals surface area contributed by atoms with Gasteiger partial charge in [-0.05, 0) is 30.0 Å². The third-order valence-corrected chi connectivity index (χ3v) is 2.77. The topological polar surface area (TPSA) is 75.4 Å². The second-order valence-corrected chi connectivity index (χ2v) is 3.78. The van der Waals surface area contributed by atoms with Crippen LogP contribution >= 0.6 is 0 Å². The molecule has 1 aliphatic rings. The van der Waals surface area contributed by atoms with E-state index in [9.17, 15) is 9.90 Å². The average Bonchev–Trinajstić information content (AvgIpc) is 2.59. The molecular formula is C11H14N2O2. The summed E-state index contributed by atoms with van der Waals surface area (Å²) in [6.45, 7) is 0.180. The number of carbonyl (C=O) groups is 1. The molecule has 1 amide bonds. The number of amides is 1. The number of hydrogen-bond donors (Lipinski definition) is 3. The van der Waals surface area contributed by atoms with Crippen LogP contribution in [0.5, 0.6) is 5.75 Å². The third-order valence-electron chi connectivity index (χ3n) is 2.77. The van der Waals surface area contributed by atoms with Crippen molar-refractivity contribution in [3.05, 3.63) is 29.3 Å². The summed E-state index contributed by atoms with van der Waals surface area (Å²) in [6, 6.07) is 5.62. The van der Waals surface area contributed by atoms with Crippen molar-refractivity contribution in [2.45, 2.75) is 18.9 Å². The van der Waals surface area contributed by atoms with E-state index in [-0.39, 0.29) is 18.5 Å². The summed E-state index contributed by atoms with van der Waals surface area (Å²) in [4.78, 5) is 10.6. The van der Waals surface area contributed by atoms with E-state index in [0.29, 0.717) is 5.75 Å². The SMILES string of the molecule is NC(=O)CNC1CCc2c(O)cccc21. The number of phenolic OH excluding ortho intramolecular Hbond substituents is 1. The van der Waals surface area contributed by atoms with E-state index < -0.39 is 0 Å². The maximum absolute atomic E-state index is 10.6. The van der Waals surface area contributed by atoms with Crippen LogP contribution in [-0.4, -0.2) is 17.6 Å². The van der Waals surface area contributed by atoms with Gasteiger partial charge in [-0.15, -0.1) is 0 Å². The first-order valence-corrected chi connectivity index (χ1v) is 5.01. The molecule has 0 saturated heterocycles. The van der Waals surface area contributed by atoms with Crippen LogP contribution in [0.3, 0.4) is 0 Å². The fraction of sp³-hybridized carbons (Fsp3) is 0.364. The number of rotatable bonds is 3. The van der Waals surface area contributed by atoms with Crippen molar-refractivity contribution in [1.82, 2.24) is 5.32 Å². The van der Waals surface area contributed by atoms with E-state index in [1.165, 1.54) is 0 Å². The molecule has 0 aromatic heterocycles. The molecule has 4 heteroatoms. The Morgan fingerprint density at radius 2 is 2.40 bits per heavy atom. The number of nitrogens with one attached hydrogen (secondary N) is 1. The molecular weight excluding hydrogens is 192 g/mol. The fourth-order valence-corrected chi connectivity index (χ4v) is 2.07. The molecule has 0 spiro atoms. The quantitative estimate of drug-likeness (QED) is 0.672. The van der Waals surface area contributed by atoms with Crippen LogP contribution in [0.2, 0.25) is 0 Å². The number of carbonyl (C=O) groups excluding carboxylic acids is 1. The van der Waals surface area contributed by atoms with Crippen molar-refractivity contribution in [3.8, 4) is 5.75 Å². The van der Waals surface area contributed by atoms with Gasteiger partial charge in [-0.1, -0.05) is 12.1 Å². The Morgan fingerprint density at radius 3 is 3.13 bits per heavy atom. The molecule has 4 nitrogen and oxygen atoms in total. The molecule has 0 bridgehead atoms. The van der Waals surface area contributed by atoms with Gasteiger partial charge >= 0.3 is 0 Å². The van der Waals surface area contributed by atoms with Gasteiger partial charge < -0.3 is 16.2 Å². The van der Waals surface area contributed by atoms with Gasteiger partial charge in [0, 0.05) is 6.04 Å². The predicted molar refractivity (Wildman–Crippen MR) is 56.4 cm³/mol. The highest BCUT2D eigenvalue weighted by Gasteiger charge is 2.24. The predicted octanol–water partition coefficient (Wildman–Crippen LogP) is 0.454. The van der Waals surface area contributed by atoms with Crippen LogP contribution in [0.15, 0.2) is 18.2 Å². The molecule has 0 fully saturated rings. The van der Waals surface area contributed by atoms with Gasteiger partial charge in [0.25, 0.3) is 0 Å². The van der Waals surface area contributed by atoms with Crippen LogP contribution in [0.1, 0.15) is 23.6 Å². The summed E-state index contributed by atoms with van der Waals surface area (Å²) in [7, 11) is 0. The zero-order valence-electron chi connectivity index (χ0n) is 8.36. The zero-order chi connectivity index (χ0) is 10.8. The van der Waals surface area contributed by atoms with Gasteiger partial charge in [0.05, 0.1) is 6.54 Å². The lowest BCUT2D eigenvalue weighted by molar-refractivity contribution is -0.117. The van der Waals surface area contributed by atoms with Crippen LogP contribution in [0.4, 0.5) is 0 Å². The Kier molecular flexibility index (Phi) is 2.60. The van der Waals surface area contributed by atoms with Gasteiger partial charge in [-0.2, -0.15) is 0 Å². The Morgan fingerprint density at radius 1 is 1.60 bits per heavy atom. The number of phenols is 1. The molecule has 80 valence electrons. The molecule has 1 atom stereocenters. The molecule has 4 N–H and O–H groups in total. The standard InChI is InChI=1S/C11H14N2O2/c12-11(15)6-13-9-5-4-8-7(9)2-1-3-10(8)14/h1-3,9,13-14H,4-6H2,(H2,12,15). The van der Waals surface area contributed by atoms with E-state index in [4.69, 9.17) is 5.73 Å². The lowest BCUT2D eigenvalue weighted by atomic mass is 10.1. The normalized spacial score (nSPS) is 18.8. The van der Waals surface area contributed by atoms with E-state index in [2.05, 4.69) is 5.32 Å². The molecule has 15 heavy (non-hydrogen) atoms. The minimum absolute atomic E-state index is 0.139. The van der Waals surface area contributed by atoms with Crippen molar-refractivity contribution in [2.75, 3.05) is 6.54 Å². The highest BCUT2D eigenvalue weighted by molar-refractivity contribution is 5.76. The van der Waals surface area contributed by atoms with Crippen molar-refractivity contribution >= 4 is 5.91 Å². The smallest absolute Gasteiger partial charge is 0.231 e. The first-order chi connectivity index (χ1) is 7.18. The Labute approximate surface area is 88.1 Å². The minimum atomic E-state index is -0.358. The molecule has 0 heterocycles. The van der Waals surface area contributed by atoms with Gasteiger partial charge in [0.2, 0.25) is 5.91 Å². The molecule has 2 rings (SSSR count). The molecule has 0 radical (unpaired) electrons. The number of primary amides is 1. The average molecular weight is 206 g/mol. The number of aromatic hydroxyl groups is 1. The Balaban J connectivity index is 2.14. The monoisotopic (exact) mass is 206 g/mol. The van der Waals surface area contributed by atoms with Crippen LogP contribution in [0.25, 0.3) is 0 Å². The summed E-state index contributed by atoms with van der Waals surface area (Å²) < 4.78 is 0. The molecule has 1 unspecified atom stereocenters. The van der Waals surface area contributed by atoms with E-state index in [1.54, 1.807) is 6.07 Å². The van der Waals surface area contributed by atoms with Crippen molar-refractivity contribution in [1.29, 1.82) is 0 Å². The van der Waals surface area contributed by atoms with Gasteiger partial charge in [0.1, 0.15) is 5.75 Å². The summed E-state index contributed by atoms with van der Waals surface area (Å²) >= 11 is 0. The molecule has 1 aromatic carbocycles. The van der Waals surface area contributed by atoms with E-state index >= 15 is 0 Å². The van der Waals surface area contributed by atoms with Crippen LogP contribution in [-0.2, 0) is 11.2 Å². The second kappa shape index (κ2) is 3.90. The van der Waals surface area contributed by atoms with Gasteiger partial charge in [-0.3, -0.25) is 4.79 Å². The molecule has 1 aromatic rings.